The van der Waals surface area contributed by atoms with Crippen LogP contribution in [-0.2, 0) is 35.1 Å². The van der Waals surface area contributed by atoms with Crippen LogP contribution in [0.25, 0.3) is 17.3 Å². The third kappa shape index (κ3) is 7.50. The molecule has 3 aromatic carbocycles. The number of ketones is 2. The van der Waals surface area contributed by atoms with Gasteiger partial charge in [0.2, 0.25) is 11.6 Å². The summed E-state index contributed by atoms with van der Waals surface area (Å²) < 4.78 is 99.6. The molecule has 0 unspecified atom stereocenters. The topological polar surface area (TPSA) is 330 Å². The Morgan fingerprint density at radius 3 is 2.00 bits per heavy atom. The molecule has 0 saturated carbocycles. The summed E-state index contributed by atoms with van der Waals surface area (Å²) >= 11 is 0. The summed E-state index contributed by atoms with van der Waals surface area (Å²) in [5.41, 5.74) is 9.52. The van der Waals surface area contributed by atoms with E-state index in [-0.39, 0.29) is 33.4 Å². The van der Waals surface area contributed by atoms with E-state index < -0.39 is 79.8 Å². The number of carbonyl (C=O) groups is 2. The average Bonchev–Trinajstić information content (AvgIpc) is 3.38. The van der Waals surface area contributed by atoms with Gasteiger partial charge in [-0.15, -0.1) is 10.2 Å². The molecule has 6 rings (SSSR count). The van der Waals surface area contributed by atoms with E-state index in [2.05, 4.69) is 26.2 Å². The van der Waals surface area contributed by atoms with Crippen molar-refractivity contribution in [3.8, 4) is 11.4 Å². The third-order valence-electron chi connectivity index (χ3n) is 8.10. The maximum Gasteiger partial charge on any atom is 0.296 e. The lowest BCUT2D eigenvalue weighted by atomic mass is 9.93. The van der Waals surface area contributed by atoms with Gasteiger partial charge in [0.15, 0.2) is 0 Å². The fourth-order valence-electron chi connectivity index (χ4n) is 5.42. The number of aromatic amines is 1. The fraction of sp³-hybridized carbons (Fsp3) is 0.0312. The van der Waals surface area contributed by atoms with Crippen molar-refractivity contribution < 1.29 is 53.6 Å². The van der Waals surface area contributed by atoms with Crippen molar-refractivity contribution in [1.29, 1.82) is 0 Å². The van der Waals surface area contributed by atoms with Gasteiger partial charge in [-0.1, -0.05) is 18.2 Å². The molecule has 0 saturated heterocycles. The number of nitrogens with zero attached hydrogens (tertiary/aromatic N) is 3. The number of hydrazine groups is 1. The molecule has 2 aliphatic rings. The number of nitrogens with two attached hydrogens (primary N) is 1. The number of aromatic nitrogens is 2. The minimum absolute atomic E-state index is 0.0602. The SMILES string of the molecule is Cc1[nH]n(-c2ccc(S(=O)(=O)O)cc2)c(=O)c1NNc1ccc(C2=CC(=O)/C(=N\N=C3/C=Cc4c(S(=O)(=O)O)cc(S(=O)(=O)O)c(N)c4C3=O)C=C2)cc1O. The first-order valence-corrected chi connectivity index (χ1v) is 19.5. The van der Waals surface area contributed by atoms with E-state index >= 15 is 0 Å². The molecule has 0 amide bonds. The maximum absolute atomic E-state index is 13.2. The molecule has 0 fully saturated rings. The highest BCUT2D eigenvalue weighted by Crippen LogP contribution is 2.35. The van der Waals surface area contributed by atoms with Gasteiger partial charge in [0.25, 0.3) is 35.9 Å². The zero-order valence-corrected chi connectivity index (χ0v) is 30.1. The van der Waals surface area contributed by atoms with Gasteiger partial charge in [-0.05, 0) is 78.8 Å². The summed E-state index contributed by atoms with van der Waals surface area (Å²) in [5, 5.41) is 21.1. The number of H-pyrrole nitrogens is 1. The van der Waals surface area contributed by atoms with E-state index in [4.69, 9.17) is 5.73 Å². The Morgan fingerprint density at radius 1 is 0.764 bits per heavy atom. The second-order valence-corrected chi connectivity index (χ2v) is 15.9. The number of phenols is 1. The quantitative estimate of drug-likeness (QED) is 0.0395. The number of anilines is 3. The first-order valence-electron chi connectivity index (χ1n) is 15.1. The zero-order valence-electron chi connectivity index (χ0n) is 27.6. The van der Waals surface area contributed by atoms with Gasteiger partial charge in [-0.25, -0.2) is 4.68 Å². The monoisotopic (exact) mass is 811 g/mol. The van der Waals surface area contributed by atoms with Crippen LogP contribution < -0.4 is 22.1 Å². The molecule has 284 valence electrons. The van der Waals surface area contributed by atoms with Crippen LogP contribution in [0.15, 0.2) is 103 Å². The molecular weight excluding hydrogens is 787 g/mol. The summed E-state index contributed by atoms with van der Waals surface area (Å²) in [6.45, 7) is 1.59. The number of allylic oxidation sites excluding steroid dienone is 5. The third-order valence-corrected chi connectivity index (χ3v) is 10.8. The van der Waals surface area contributed by atoms with E-state index in [1.807, 2.05) is 0 Å². The van der Waals surface area contributed by atoms with Gasteiger partial charge >= 0.3 is 0 Å². The molecule has 4 aromatic rings. The number of rotatable bonds is 9. The van der Waals surface area contributed by atoms with Crippen LogP contribution in [0.2, 0.25) is 0 Å². The highest BCUT2D eigenvalue weighted by molar-refractivity contribution is 7.87. The first kappa shape index (κ1) is 38.2. The van der Waals surface area contributed by atoms with E-state index in [1.165, 1.54) is 36.4 Å². The molecule has 0 spiro atoms. The Bertz CT molecular complexity index is 2920. The fourth-order valence-corrected chi connectivity index (χ4v) is 7.34. The summed E-state index contributed by atoms with van der Waals surface area (Å²) in [7, 11) is -14.7. The predicted octanol–water partition coefficient (Wildman–Crippen LogP) is 2.17. The smallest absolute Gasteiger partial charge is 0.296 e. The molecule has 0 radical (unpaired) electrons. The lowest BCUT2D eigenvalue weighted by molar-refractivity contribution is -0.108. The van der Waals surface area contributed by atoms with Crippen molar-refractivity contribution in [1.82, 2.24) is 9.78 Å². The standard InChI is InChI=1S/C32H25N7O13S3/c1-15-30(32(43)39(38-15)18-4-6-19(7-5-18)53(44,45)46)37-35-22-10-3-17(13-25(22)41)16-2-9-21(24(40)12-16)34-36-23-11-8-20-26(54(47,48)49)14-27(55(50,51)52)29(33)28(20)31(23)42/h2-14,35,37-38,41H,33H2,1H3,(H,44,45,46)(H,47,48,49)(H,50,51,52)/b34-21-,36-23+. The minimum atomic E-state index is -5.15. The number of aryl methyl sites for hydroxylation is 1. The number of benzene rings is 3. The van der Waals surface area contributed by atoms with Crippen LogP contribution in [0.4, 0.5) is 17.1 Å². The number of phenolic OH excluding ortho intramolecular Hbond substituents is 1. The zero-order chi connectivity index (χ0) is 40.2. The van der Waals surface area contributed by atoms with Gasteiger partial charge in [0, 0.05) is 5.56 Å². The predicted molar refractivity (Wildman–Crippen MR) is 197 cm³/mol. The number of Topliss-reactive ketones (excluding diaryl/α,β-unsaturated/α-hetero) is 1. The number of fused-ring (bicyclic) bond motifs is 1. The largest absolute Gasteiger partial charge is 0.506 e. The van der Waals surface area contributed by atoms with Gasteiger partial charge in [0.1, 0.15) is 32.7 Å². The summed E-state index contributed by atoms with van der Waals surface area (Å²) in [6, 6.07) is 9.60. The van der Waals surface area contributed by atoms with Crippen molar-refractivity contribution >= 4 is 82.1 Å². The van der Waals surface area contributed by atoms with Crippen molar-refractivity contribution in [2.75, 3.05) is 16.6 Å². The molecule has 20 nitrogen and oxygen atoms in total. The highest BCUT2D eigenvalue weighted by Gasteiger charge is 2.33. The number of nitrogens with one attached hydrogen (secondary N) is 3. The number of nitrogen functional groups attached to an aromatic ring is 1. The van der Waals surface area contributed by atoms with Gasteiger partial charge in [0.05, 0.1) is 33.2 Å². The van der Waals surface area contributed by atoms with Crippen LogP contribution in [0.5, 0.6) is 5.75 Å². The van der Waals surface area contributed by atoms with Crippen molar-refractivity contribution in [3.05, 3.63) is 106 Å². The lowest BCUT2D eigenvalue weighted by Crippen LogP contribution is -2.23. The Labute approximate surface area is 309 Å². The molecule has 55 heavy (non-hydrogen) atoms. The molecule has 23 heteroatoms. The van der Waals surface area contributed by atoms with Crippen LogP contribution in [0.1, 0.15) is 27.2 Å². The molecular formula is C32H25N7O13S3. The second kappa shape index (κ2) is 13.7. The Hall–Kier alpha value is -6.50. The molecule has 1 aromatic heterocycles. The highest BCUT2D eigenvalue weighted by atomic mass is 32.2. The summed E-state index contributed by atoms with van der Waals surface area (Å²) in [4.78, 5) is 36.7. The van der Waals surface area contributed by atoms with E-state index in [9.17, 15) is 58.4 Å². The minimum Gasteiger partial charge on any atom is -0.506 e. The van der Waals surface area contributed by atoms with Crippen LogP contribution in [-0.4, -0.2) is 76.8 Å². The normalized spacial score (nSPS) is 16.0. The van der Waals surface area contributed by atoms with E-state index in [1.54, 1.807) is 13.0 Å². The molecule has 0 atom stereocenters. The lowest BCUT2D eigenvalue weighted by Gasteiger charge is -2.18. The van der Waals surface area contributed by atoms with Gasteiger partial charge in [-0.2, -0.15) is 25.3 Å². The molecule has 2 aliphatic carbocycles. The molecule has 1 heterocycles. The van der Waals surface area contributed by atoms with E-state index in [0.29, 0.717) is 22.9 Å². The van der Waals surface area contributed by atoms with Crippen LogP contribution >= 0.6 is 0 Å². The van der Waals surface area contributed by atoms with Gasteiger partial charge < -0.3 is 10.8 Å². The number of hydrogen-bond acceptors (Lipinski definition) is 15. The second-order valence-electron chi connectivity index (χ2n) is 11.7. The van der Waals surface area contributed by atoms with Crippen molar-refractivity contribution in [2.45, 2.75) is 21.6 Å². The van der Waals surface area contributed by atoms with Crippen molar-refractivity contribution in [2.24, 2.45) is 10.2 Å². The average molecular weight is 812 g/mol. The van der Waals surface area contributed by atoms with Crippen LogP contribution in [0, 0.1) is 6.92 Å². The molecule has 0 aliphatic heterocycles. The number of carbonyl (C=O) groups excluding carboxylic acids is 2. The molecule has 0 bridgehead atoms. The summed E-state index contributed by atoms with van der Waals surface area (Å²) in [5.74, 6) is -2.09. The number of hydrogen-bond donors (Lipinski definition) is 8. The Balaban J connectivity index is 1.18. The molecule has 9 N–H and O–H groups in total. The first-order chi connectivity index (χ1) is 25.6. The van der Waals surface area contributed by atoms with Crippen molar-refractivity contribution in [3.63, 3.8) is 0 Å². The van der Waals surface area contributed by atoms with Gasteiger partial charge in [-0.3, -0.25) is 44.0 Å². The Kier molecular flexibility index (Phi) is 9.54. The maximum atomic E-state index is 13.2. The van der Waals surface area contributed by atoms with E-state index in [0.717, 1.165) is 35.0 Å². The number of aromatic hydroxyl groups is 1. The Morgan fingerprint density at radius 2 is 1.40 bits per heavy atom. The van der Waals surface area contributed by atoms with Crippen LogP contribution in [0.3, 0.4) is 0 Å². The summed E-state index contributed by atoms with van der Waals surface area (Å²) in [6.07, 6.45) is 5.89.